The van der Waals surface area contributed by atoms with Gasteiger partial charge in [0.1, 0.15) is 22.3 Å². The van der Waals surface area contributed by atoms with E-state index in [0.29, 0.717) is 51.7 Å². The molecule has 1 aliphatic rings. The van der Waals surface area contributed by atoms with Crippen LogP contribution < -0.4 is 27.4 Å². The van der Waals surface area contributed by atoms with Crippen LogP contribution in [0.5, 0.6) is 0 Å². The van der Waals surface area contributed by atoms with E-state index >= 15 is 0 Å². The number of nitrogens with two attached hydrogens (primary N) is 2. The minimum absolute atomic E-state index is 0.147. The summed E-state index contributed by atoms with van der Waals surface area (Å²) in [5, 5.41) is 11.5. The van der Waals surface area contributed by atoms with E-state index in [1.54, 1.807) is 25.5 Å². The van der Waals surface area contributed by atoms with Gasteiger partial charge >= 0.3 is 0 Å². The van der Waals surface area contributed by atoms with Gasteiger partial charge in [-0.1, -0.05) is 47.6 Å². The number of rotatable bonds is 9. The van der Waals surface area contributed by atoms with Crippen molar-refractivity contribution in [3.8, 4) is 0 Å². The van der Waals surface area contributed by atoms with Crippen molar-refractivity contribution in [3.05, 3.63) is 82.9 Å². The molecule has 4 aromatic rings. The van der Waals surface area contributed by atoms with Gasteiger partial charge in [-0.3, -0.25) is 14.4 Å². The van der Waals surface area contributed by atoms with Crippen LogP contribution in [0, 0.1) is 0 Å². The Balaban J connectivity index is 1.55. The Labute approximate surface area is 295 Å². The second-order valence-electron chi connectivity index (χ2n) is 12.1. The molecule has 4 heterocycles. The van der Waals surface area contributed by atoms with Crippen LogP contribution in [0.1, 0.15) is 48.8 Å². The van der Waals surface area contributed by atoms with Crippen LogP contribution in [0.25, 0.3) is 10.9 Å². The lowest BCUT2D eigenvalue weighted by atomic mass is 10.0. The lowest BCUT2D eigenvalue weighted by Crippen LogP contribution is -2.57. The zero-order valence-corrected chi connectivity index (χ0v) is 29.2. The van der Waals surface area contributed by atoms with Gasteiger partial charge in [0.2, 0.25) is 17.7 Å². The number of aromatic nitrogens is 3. The molecule has 3 amide bonds. The largest absolute Gasteiger partial charge is 0.361 e. The molecule has 1 aromatic carbocycles. The van der Waals surface area contributed by atoms with Gasteiger partial charge < -0.3 is 37.3 Å². The fourth-order valence-electron chi connectivity index (χ4n) is 5.96. The smallest absolute Gasteiger partial charge is 0.245 e. The van der Waals surface area contributed by atoms with Crippen molar-refractivity contribution < 1.29 is 14.4 Å². The zero-order valence-electron chi connectivity index (χ0n) is 27.6. The predicted molar refractivity (Wildman–Crippen MR) is 192 cm³/mol. The molecular formula is C35H44ClN9O3S. The normalized spacial score (nSPS) is 19.6. The van der Waals surface area contributed by atoms with Crippen LogP contribution in [0.2, 0.25) is 5.15 Å². The number of unbranched alkanes of at least 4 members (excludes halogenated alkanes) is 1. The number of fused-ring (bicyclic) bond motifs is 3. The van der Waals surface area contributed by atoms with Gasteiger partial charge in [0.05, 0.1) is 6.04 Å². The number of hydrogen-bond donors (Lipinski definition) is 6. The molecule has 260 valence electrons. The standard InChI is InChI=1S/C35H44ClN9O3S/c1-45-29(16-23-19-40-26-10-3-2-9-25(23)26)33(47)43-20-24-17-31(36)42-21-30(24)49-34-22(8-7-15-39-34)18-41-27(12-6-14-38)32(46)44-28(35(45)48)11-4-5-13-37/h2-3,7-10,15,17,19,21,27-29,40-41H,4-6,11-14,16,18,20,37-38H2,1H3,(H,43,47)(H,44,46)/t27-,28-,29-/m0/s1. The molecule has 1 aliphatic heterocycles. The zero-order chi connectivity index (χ0) is 34.8. The number of benzene rings is 1. The Hall–Kier alpha value is -4.01. The lowest BCUT2D eigenvalue weighted by Gasteiger charge is -2.32. The van der Waals surface area contributed by atoms with E-state index in [9.17, 15) is 14.4 Å². The minimum atomic E-state index is -0.890. The summed E-state index contributed by atoms with van der Waals surface area (Å²) in [6.45, 7) is 1.37. The van der Waals surface area contributed by atoms with Crippen molar-refractivity contribution in [1.29, 1.82) is 0 Å². The van der Waals surface area contributed by atoms with E-state index in [-0.39, 0.29) is 35.8 Å². The third kappa shape index (κ3) is 9.37. The quantitative estimate of drug-likeness (QED) is 0.112. The molecule has 49 heavy (non-hydrogen) atoms. The molecule has 0 fully saturated rings. The molecule has 0 unspecified atom stereocenters. The van der Waals surface area contributed by atoms with E-state index in [4.69, 9.17) is 23.1 Å². The van der Waals surface area contributed by atoms with Gasteiger partial charge in [-0.05, 0) is 80.1 Å². The summed E-state index contributed by atoms with van der Waals surface area (Å²) in [7, 11) is 1.62. The highest BCUT2D eigenvalue weighted by atomic mass is 35.5. The first-order valence-corrected chi connectivity index (χ1v) is 17.8. The molecule has 3 aromatic heterocycles. The van der Waals surface area contributed by atoms with Gasteiger partial charge in [-0.25, -0.2) is 9.97 Å². The lowest BCUT2D eigenvalue weighted by molar-refractivity contribution is -0.142. The number of likely N-dealkylation sites (N-methyl/N-ethyl adjacent to an activating group) is 1. The summed E-state index contributed by atoms with van der Waals surface area (Å²) in [6.07, 6.45) is 8.27. The topological polar surface area (TPSA) is 184 Å². The molecule has 0 radical (unpaired) electrons. The van der Waals surface area contributed by atoms with Crippen molar-refractivity contribution in [3.63, 3.8) is 0 Å². The summed E-state index contributed by atoms with van der Waals surface area (Å²) < 4.78 is 0. The maximum Gasteiger partial charge on any atom is 0.245 e. The fourth-order valence-corrected chi connectivity index (χ4v) is 7.10. The number of carbonyl (C=O) groups excluding carboxylic acids is 3. The highest BCUT2D eigenvalue weighted by molar-refractivity contribution is 7.99. The monoisotopic (exact) mass is 705 g/mol. The van der Waals surface area contributed by atoms with Crippen LogP contribution in [0.15, 0.2) is 71.0 Å². The van der Waals surface area contributed by atoms with E-state index in [0.717, 1.165) is 37.5 Å². The Kier molecular flexibility index (Phi) is 13.0. The van der Waals surface area contributed by atoms with E-state index in [1.807, 2.05) is 42.6 Å². The number of halogens is 1. The minimum Gasteiger partial charge on any atom is -0.361 e. The Morgan fingerprint density at radius 1 is 0.939 bits per heavy atom. The Bertz CT molecular complexity index is 1750. The number of pyridine rings is 2. The van der Waals surface area contributed by atoms with Crippen LogP contribution in [0.4, 0.5) is 0 Å². The fraction of sp³-hybridized carbons (Fsp3) is 0.400. The second kappa shape index (κ2) is 17.6. The summed E-state index contributed by atoms with van der Waals surface area (Å²) in [5.41, 5.74) is 15.1. The predicted octanol–water partition coefficient (Wildman–Crippen LogP) is 3.27. The highest BCUT2D eigenvalue weighted by Gasteiger charge is 2.34. The number of nitrogens with one attached hydrogen (secondary N) is 4. The average Bonchev–Trinajstić information content (AvgIpc) is 3.52. The SMILES string of the molecule is CN1C(=O)[C@H](CCCCN)NC(=O)[C@H](CCCN)NCc2cccnc2Sc2cnc(Cl)cc2CNC(=O)[C@@H]1Cc1c[nH]c2ccccc12. The van der Waals surface area contributed by atoms with Crippen molar-refractivity contribution in [2.24, 2.45) is 11.5 Å². The Morgan fingerprint density at radius 3 is 2.55 bits per heavy atom. The molecule has 0 saturated carbocycles. The van der Waals surface area contributed by atoms with Gasteiger partial charge in [0.25, 0.3) is 0 Å². The molecule has 3 atom stereocenters. The Morgan fingerprint density at radius 2 is 1.73 bits per heavy atom. The molecule has 12 nitrogen and oxygen atoms in total. The summed E-state index contributed by atoms with van der Waals surface area (Å²) >= 11 is 7.74. The van der Waals surface area contributed by atoms with Crippen LogP contribution >= 0.6 is 23.4 Å². The van der Waals surface area contributed by atoms with Crippen LogP contribution in [-0.2, 0) is 33.9 Å². The number of amides is 3. The molecule has 0 aliphatic carbocycles. The summed E-state index contributed by atoms with van der Waals surface area (Å²) in [4.78, 5) is 56.8. The molecule has 0 saturated heterocycles. The molecule has 14 heteroatoms. The second-order valence-corrected chi connectivity index (χ2v) is 13.6. The summed E-state index contributed by atoms with van der Waals surface area (Å²) in [5.74, 6) is -1.01. The van der Waals surface area contributed by atoms with Gasteiger partial charge in [0.15, 0.2) is 0 Å². The van der Waals surface area contributed by atoms with E-state index < -0.39 is 18.1 Å². The molecule has 0 bridgehead atoms. The first-order valence-electron chi connectivity index (χ1n) is 16.6. The number of aromatic amines is 1. The molecule has 0 spiro atoms. The number of para-hydroxylation sites is 1. The van der Waals surface area contributed by atoms with Gasteiger partial charge in [-0.15, -0.1) is 0 Å². The van der Waals surface area contributed by atoms with E-state index in [1.165, 1.54) is 16.7 Å². The maximum atomic E-state index is 14.3. The highest BCUT2D eigenvalue weighted by Crippen LogP contribution is 2.32. The number of carbonyl (C=O) groups is 3. The van der Waals surface area contributed by atoms with Crippen molar-refractivity contribution in [1.82, 2.24) is 35.8 Å². The van der Waals surface area contributed by atoms with Crippen molar-refractivity contribution in [2.75, 3.05) is 20.1 Å². The van der Waals surface area contributed by atoms with Crippen LogP contribution in [0.3, 0.4) is 0 Å². The third-order valence-electron chi connectivity index (χ3n) is 8.74. The van der Waals surface area contributed by atoms with Gasteiger partial charge in [0, 0.05) is 60.9 Å². The van der Waals surface area contributed by atoms with Crippen LogP contribution in [-0.4, -0.2) is 75.8 Å². The van der Waals surface area contributed by atoms with Gasteiger partial charge in [-0.2, -0.15) is 0 Å². The molecular weight excluding hydrogens is 662 g/mol. The molecule has 5 rings (SSSR count). The first kappa shape index (κ1) is 36.3. The molecule has 8 N–H and O–H groups in total. The number of H-pyrrole nitrogens is 1. The van der Waals surface area contributed by atoms with Crippen molar-refractivity contribution in [2.45, 2.75) is 79.7 Å². The first-order chi connectivity index (χ1) is 23.8. The third-order valence-corrected chi connectivity index (χ3v) is 10.1. The maximum absolute atomic E-state index is 14.3. The number of hydrogen-bond acceptors (Lipinski definition) is 9. The average molecular weight is 706 g/mol. The van der Waals surface area contributed by atoms with Crippen molar-refractivity contribution >= 4 is 52.0 Å². The number of nitrogens with zero attached hydrogens (tertiary/aromatic N) is 3. The summed E-state index contributed by atoms with van der Waals surface area (Å²) in [6, 6.07) is 11.0. The van der Waals surface area contributed by atoms with E-state index in [2.05, 4.69) is 30.9 Å².